The van der Waals surface area contributed by atoms with Crippen LogP contribution in [0, 0.1) is 0 Å². The third-order valence-corrected chi connectivity index (χ3v) is 4.20. The maximum absolute atomic E-state index is 12.1. The molecule has 0 radical (unpaired) electrons. The Kier molecular flexibility index (Phi) is 3.86. The second kappa shape index (κ2) is 5.43. The van der Waals surface area contributed by atoms with Crippen LogP contribution >= 0.6 is 0 Å². The van der Waals surface area contributed by atoms with E-state index in [9.17, 15) is 13.2 Å². The number of aromatic carboxylic acids is 1. The van der Waals surface area contributed by atoms with Gasteiger partial charge >= 0.3 is 5.97 Å². The van der Waals surface area contributed by atoms with E-state index in [1.165, 1.54) is 30.5 Å². The number of carboxylic acid groups (broad SMARTS) is 1. The van der Waals surface area contributed by atoms with E-state index in [1.807, 2.05) is 0 Å². The van der Waals surface area contributed by atoms with E-state index >= 15 is 0 Å². The molecule has 0 amide bonds. The van der Waals surface area contributed by atoms with Gasteiger partial charge in [0.05, 0.1) is 16.5 Å². The van der Waals surface area contributed by atoms with E-state index in [1.54, 1.807) is 13.0 Å². The highest BCUT2D eigenvalue weighted by Crippen LogP contribution is 2.16. The third kappa shape index (κ3) is 3.03. The van der Waals surface area contributed by atoms with Crippen molar-refractivity contribution in [2.45, 2.75) is 17.9 Å². The topological polar surface area (TPSA) is 110 Å². The molecule has 1 atom stereocenters. The van der Waals surface area contributed by atoms with Crippen molar-refractivity contribution in [3.63, 3.8) is 0 Å². The van der Waals surface area contributed by atoms with E-state index in [0.717, 1.165) is 0 Å². The van der Waals surface area contributed by atoms with Gasteiger partial charge in [-0.15, -0.1) is 0 Å². The standard InChI is InChI=1S/C12H12N2O5S/c1-8(11-6-7-19-13-11)14-20(17,18)10-4-2-9(3-5-10)12(15)16/h2-8,14H,1H3,(H,15,16). The molecule has 0 aliphatic heterocycles. The van der Waals surface area contributed by atoms with Crippen molar-refractivity contribution in [2.75, 3.05) is 0 Å². The zero-order chi connectivity index (χ0) is 14.8. The molecule has 2 rings (SSSR count). The lowest BCUT2D eigenvalue weighted by Gasteiger charge is -2.11. The third-order valence-electron chi connectivity index (χ3n) is 2.64. The number of nitrogens with zero attached hydrogens (tertiary/aromatic N) is 1. The fraction of sp³-hybridized carbons (Fsp3) is 0.167. The number of hydrogen-bond acceptors (Lipinski definition) is 5. The first-order valence-electron chi connectivity index (χ1n) is 5.66. The Balaban J connectivity index is 2.20. The van der Waals surface area contributed by atoms with E-state index < -0.39 is 22.0 Å². The molecule has 1 aromatic heterocycles. The molecule has 2 aromatic rings. The summed E-state index contributed by atoms with van der Waals surface area (Å²) in [6.07, 6.45) is 1.35. The van der Waals surface area contributed by atoms with E-state index in [2.05, 4.69) is 14.4 Å². The summed E-state index contributed by atoms with van der Waals surface area (Å²) in [5.41, 5.74) is 0.476. The largest absolute Gasteiger partial charge is 0.478 e. The zero-order valence-corrected chi connectivity index (χ0v) is 11.3. The van der Waals surface area contributed by atoms with Crippen LogP contribution in [-0.4, -0.2) is 24.7 Å². The Morgan fingerprint density at radius 3 is 2.45 bits per heavy atom. The summed E-state index contributed by atoms with van der Waals surface area (Å²) in [5.74, 6) is -1.11. The SMILES string of the molecule is CC(NS(=O)(=O)c1ccc(C(=O)O)cc1)c1ccon1. The predicted octanol–water partition coefficient (Wildman–Crippen LogP) is 1.41. The minimum Gasteiger partial charge on any atom is -0.478 e. The van der Waals surface area contributed by atoms with Gasteiger partial charge in [-0.1, -0.05) is 5.16 Å². The first-order valence-corrected chi connectivity index (χ1v) is 7.14. The van der Waals surface area contributed by atoms with Gasteiger partial charge in [0.15, 0.2) is 0 Å². The van der Waals surface area contributed by atoms with Crippen molar-refractivity contribution < 1.29 is 22.8 Å². The van der Waals surface area contributed by atoms with Gasteiger partial charge in [-0.2, -0.15) is 0 Å². The highest BCUT2D eigenvalue weighted by atomic mass is 32.2. The van der Waals surface area contributed by atoms with Gasteiger partial charge in [-0.05, 0) is 31.2 Å². The molecular weight excluding hydrogens is 284 g/mol. The highest BCUT2D eigenvalue weighted by molar-refractivity contribution is 7.89. The van der Waals surface area contributed by atoms with Gasteiger partial charge in [-0.25, -0.2) is 17.9 Å². The van der Waals surface area contributed by atoms with Crippen molar-refractivity contribution in [1.29, 1.82) is 0 Å². The summed E-state index contributed by atoms with van der Waals surface area (Å²) in [6, 6.07) is 5.94. The van der Waals surface area contributed by atoms with Crippen molar-refractivity contribution in [3.8, 4) is 0 Å². The van der Waals surface area contributed by atoms with Crippen LogP contribution < -0.4 is 4.72 Å². The van der Waals surface area contributed by atoms with E-state index in [-0.39, 0.29) is 10.5 Å². The molecule has 8 heteroatoms. The number of nitrogens with one attached hydrogen (secondary N) is 1. The van der Waals surface area contributed by atoms with Crippen LogP contribution in [0.4, 0.5) is 0 Å². The minimum absolute atomic E-state index is 0.0159. The van der Waals surface area contributed by atoms with Crippen molar-refractivity contribution >= 4 is 16.0 Å². The average molecular weight is 296 g/mol. The smallest absolute Gasteiger partial charge is 0.335 e. The van der Waals surface area contributed by atoms with Gasteiger partial charge in [-0.3, -0.25) is 0 Å². The zero-order valence-electron chi connectivity index (χ0n) is 10.5. The number of hydrogen-bond donors (Lipinski definition) is 2. The molecule has 0 saturated carbocycles. The minimum atomic E-state index is -3.75. The van der Waals surface area contributed by atoms with Crippen LogP contribution in [0.2, 0.25) is 0 Å². The number of carboxylic acids is 1. The molecular formula is C12H12N2O5S. The first-order chi connectivity index (χ1) is 9.40. The molecule has 1 unspecified atom stereocenters. The lowest BCUT2D eigenvalue weighted by atomic mass is 10.2. The van der Waals surface area contributed by atoms with Crippen LogP contribution in [0.25, 0.3) is 0 Å². The number of benzene rings is 1. The summed E-state index contributed by atoms with van der Waals surface area (Å²) in [6.45, 7) is 1.63. The summed E-state index contributed by atoms with van der Waals surface area (Å²) >= 11 is 0. The maximum atomic E-state index is 12.1. The van der Waals surface area contributed by atoms with Crippen molar-refractivity contribution in [3.05, 3.63) is 47.9 Å². The lowest BCUT2D eigenvalue weighted by molar-refractivity contribution is 0.0696. The molecule has 0 aliphatic carbocycles. The maximum Gasteiger partial charge on any atom is 0.335 e. The molecule has 0 aliphatic rings. The predicted molar refractivity (Wildman–Crippen MR) is 68.6 cm³/mol. The van der Waals surface area contributed by atoms with Gasteiger partial charge in [0, 0.05) is 6.07 Å². The Morgan fingerprint density at radius 1 is 1.30 bits per heavy atom. The number of sulfonamides is 1. The van der Waals surface area contributed by atoms with Gasteiger partial charge in [0.2, 0.25) is 10.0 Å². The van der Waals surface area contributed by atoms with Gasteiger partial charge < -0.3 is 9.63 Å². The number of rotatable bonds is 5. The van der Waals surface area contributed by atoms with Crippen molar-refractivity contribution in [1.82, 2.24) is 9.88 Å². The van der Waals surface area contributed by atoms with Crippen LogP contribution in [-0.2, 0) is 10.0 Å². The molecule has 0 fully saturated rings. The van der Waals surface area contributed by atoms with Gasteiger partial charge in [0.1, 0.15) is 12.0 Å². The fourth-order valence-electron chi connectivity index (χ4n) is 1.58. The highest BCUT2D eigenvalue weighted by Gasteiger charge is 2.20. The Labute approximate surface area is 115 Å². The Morgan fingerprint density at radius 2 is 1.95 bits per heavy atom. The molecule has 20 heavy (non-hydrogen) atoms. The molecule has 2 N–H and O–H groups in total. The average Bonchev–Trinajstić information content (AvgIpc) is 2.92. The van der Waals surface area contributed by atoms with Crippen LogP contribution in [0.15, 0.2) is 46.0 Å². The van der Waals surface area contributed by atoms with E-state index in [4.69, 9.17) is 5.11 Å². The molecule has 106 valence electrons. The monoisotopic (exact) mass is 296 g/mol. The molecule has 1 heterocycles. The fourth-order valence-corrected chi connectivity index (χ4v) is 2.80. The lowest BCUT2D eigenvalue weighted by Crippen LogP contribution is -2.27. The molecule has 1 aromatic carbocycles. The van der Waals surface area contributed by atoms with Crippen LogP contribution in [0.3, 0.4) is 0 Å². The number of carbonyl (C=O) groups is 1. The summed E-state index contributed by atoms with van der Waals surface area (Å²) in [4.78, 5) is 10.7. The van der Waals surface area contributed by atoms with Crippen LogP contribution in [0.1, 0.15) is 29.0 Å². The molecule has 0 saturated heterocycles. The molecule has 0 bridgehead atoms. The van der Waals surface area contributed by atoms with Gasteiger partial charge in [0.25, 0.3) is 0 Å². The Bertz CT molecular complexity index is 692. The van der Waals surface area contributed by atoms with E-state index in [0.29, 0.717) is 5.69 Å². The quantitative estimate of drug-likeness (QED) is 0.863. The summed E-state index contributed by atoms with van der Waals surface area (Å²) in [5, 5.41) is 12.4. The van der Waals surface area contributed by atoms with Crippen molar-refractivity contribution in [2.24, 2.45) is 0 Å². The summed E-state index contributed by atoms with van der Waals surface area (Å²) < 4.78 is 31.3. The summed E-state index contributed by atoms with van der Waals surface area (Å²) in [7, 11) is -3.75. The number of aromatic nitrogens is 1. The Hall–Kier alpha value is -2.19. The molecule has 0 spiro atoms. The molecule has 7 nitrogen and oxygen atoms in total. The first kappa shape index (κ1) is 14.2. The second-order valence-corrected chi connectivity index (χ2v) is 5.81. The van der Waals surface area contributed by atoms with Crippen LogP contribution in [0.5, 0.6) is 0 Å². The second-order valence-electron chi connectivity index (χ2n) is 4.10. The normalized spacial score (nSPS) is 13.1.